The highest BCUT2D eigenvalue weighted by molar-refractivity contribution is 7.99. The van der Waals surface area contributed by atoms with Gasteiger partial charge in [-0.05, 0) is 57.2 Å². The molecule has 1 saturated heterocycles. The van der Waals surface area contributed by atoms with E-state index in [1.165, 1.54) is 5.69 Å². The lowest BCUT2D eigenvalue weighted by atomic mass is 9.95. The van der Waals surface area contributed by atoms with Crippen LogP contribution in [-0.2, 0) is 0 Å². The molecule has 2 aromatic heterocycles. The van der Waals surface area contributed by atoms with Crippen molar-refractivity contribution in [2.24, 2.45) is 0 Å². The second-order valence-electron chi connectivity index (χ2n) is 8.13. The van der Waals surface area contributed by atoms with Crippen molar-refractivity contribution in [1.29, 1.82) is 0 Å². The van der Waals surface area contributed by atoms with E-state index < -0.39 is 0 Å². The molecule has 0 spiro atoms. The molecule has 168 valence electrons. The van der Waals surface area contributed by atoms with Gasteiger partial charge in [-0.15, -0.1) is 11.3 Å². The standard InChI is InChI=1S/C26H26N4OS2/c1-30-14-12-19(13-15-30)23-18-32-26(28-23)29-25-24(31-20-8-4-2-5-9-20)16-22(17-27-25)33-21-10-6-3-7-11-21/h2-11,16-19H,12-15H2,1H3,(H,27,28,29). The van der Waals surface area contributed by atoms with Gasteiger partial charge < -0.3 is 15.0 Å². The number of likely N-dealkylation sites (tertiary alicyclic amines) is 1. The lowest BCUT2D eigenvalue weighted by Crippen LogP contribution is -2.29. The number of nitrogens with one attached hydrogen (secondary N) is 1. The molecule has 3 heterocycles. The van der Waals surface area contributed by atoms with E-state index in [0.29, 0.717) is 17.5 Å². The summed E-state index contributed by atoms with van der Waals surface area (Å²) in [5, 5.41) is 6.43. The first-order chi connectivity index (χ1) is 16.2. The van der Waals surface area contributed by atoms with Gasteiger partial charge in [0.2, 0.25) is 0 Å². The number of benzene rings is 2. The summed E-state index contributed by atoms with van der Waals surface area (Å²) in [5.74, 6) is 2.65. The molecule has 1 aliphatic rings. The topological polar surface area (TPSA) is 50.3 Å². The largest absolute Gasteiger partial charge is 0.453 e. The zero-order valence-electron chi connectivity index (χ0n) is 18.5. The Kier molecular flexibility index (Phi) is 6.90. The number of aromatic nitrogens is 2. The van der Waals surface area contributed by atoms with Gasteiger partial charge >= 0.3 is 0 Å². The number of anilines is 2. The van der Waals surface area contributed by atoms with Gasteiger partial charge in [-0.25, -0.2) is 9.97 Å². The van der Waals surface area contributed by atoms with Crippen LogP contribution in [0.3, 0.4) is 0 Å². The molecular weight excluding hydrogens is 448 g/mol. The fourth-order valence-corrected chi connectivity index (χ4v) is 5.46. The van der Waals surface area contributed by atoms with E-state index in [9.17, 15) is 0 Å². The Labute approximate surface area is 202 Å². The lowest BCUT2D eigenvalue weighted by molar-refractivity contribution is 0.254. The molecule has 0 aliphatic carbocycles. The number of para-hydroxylation sites is 1. The molecule has 1 N–H and O–H groups in total. The number of thiazole rings is 1. The number of hydrogen-bond acceptors (Lipinski definition) is 7. The van der Waals surface area contributed by atoms with E-state index in [0.717, 1.165) is 46.6 Å². The highest BCUT2D eigenvalue weighted by Crippen LogP contribution is 2.37. The van der Waals surface area contributed by atoms with Crippen LogP contribution in [0, 0.1) is 0 Å². The molecule has 0 saturated carbocycles. The molecule has 0 radical (unpaired) electrons. The van der Waals surface area contributed by atoms with Gasteiger partial charge in [-0.2, -0.15) is 0 Å². The fraction of sp³-hybridized carbons (Fsp3) is 0.231. The van der Waals surface area contributed by atoms with Crippen LogP contribution >= 0.6 is 23.1 Å². The van der Waals surface area contributed by atoms with Gasteiger partial charge in [0.1, 0.15) is 5.75 Å². The third kappa shape index (κ3) is 5.74. The van der Waals surface area contributed by atoms with E-state index in [2.05, 4.69) is 34.8 Å². The maximum absolute atomic E-state index is 6.23. The minimum atomic E-state index is 0.533. The van der Waals surface area contributed by atoms with Crippen molar-refractivity contribution in [3.8, 4) is 11.5 Å². The first-order valence-electron chi connectivity index (χ1n) is 11.1. The van der Waals surface area contributed by atoms with Crippen LogP contribution in [0.4, 0.5) is 10.9 Å². The molecule has 5 nitrogen and oxygen atoms in total. The van der Waals surface area contributed by atoms with Gasteiger partial charge in [0, 0.05) is 33.4 Å². The molecule has 0 atom stereocenters. The number of rotatable bonds is 7. The molecule has 4 aromatic rings. The Hall–Kier alpha value is -2.87. The van der Waals surface area contributed by atoms with Crippen molar-refractivity contribution in [2.45, 2.75) is 28.6 Å². The Morgan fingerprint density at radius 3 is 2.48 bits per heavy atom. The molecule has 0 amide bonds. The van der Waals surface area contributed by atoms with Crippen molar-refractivity contribution in [1.82, 2.24) is 14.9 Å². The van der Waals surface area contributed by atoms with Crippen molar-refractivity contribution in [3.05, 3.63) is 84.0 Å². The van der Waals surface area contributed by atoms with Crippen LogP contribution in [0.15, 0.2) is 88.1 Å². The van der Waals surface area contributed by atoms with Crippen molar-refractivity contribution in [3.63, 3.8) is 0 Å². The Balaban J connectivity index is 1.37. The number of ether oxygens (including phenoxy) is 1. The summed E-state index contributed by atoms with van der Waals surface area (Å²) >= 11 is 3.29. The highest BCUT2D eigenvalue weighted by Gasteiger charge is 2.21. The summed E-state index contributed by atoms with van der Waals surface area (Å²) in [5.41, 5.74) is 1.18. The zero-order valence-corrected chi connectivity index (χ0v) is 20.1. The smallest absolute Gasteiger partial charge is 0.188 e. The summed E-state index contributed by atoms with van der Waals surface area (Å²) in [7, 11) is 2.18. The Morgan fingerprint density at radius 1 is 1.00 bits per heavy atom. The Bertz CT molecular complexity index is 1180. The Morgan fingerprint density at radius 2 is 1.73 bits per heavy atom. The zero-order chi connectivity index (χ0) is 22.5. The first kappa shape index (κ1) is 21.9. The molecule has 2 aromatic carbocycles. The predicted molar refractivity (Wildman–Crippen MR) is 136 cm³/mol. The van der Waals surface area contributed by atoms with Gasteiger partial charge in [-0.1, -0.05) is 48.2 Å². The second-order valence-corrected chi connectivity index (χ2v) is 10.1. The number of pyridine rings is 1. The second kappa shape index (κ2) is 10.4. The highest BCUT2D eigenvalue weighted by atomic mass is 32.2. The van der Waals surface area contributed by atoms with E-state index in [-0.39, 0.29) is 0 Å². The van der Waals surface area contributed by atoms with Crippen molar-refractivity contribution < 1.29 is 4.74 Å². The SMILES string of the molecule is CN1CCC(c2csc(Nc3ncc(Sc4ccccc4)cc3Oc3ccccc3)n2)CC1. The van der Waals surface area contributed by atoms with E-state index >= 15 is 0 Å². The van der Waals surface area contributed by atoms with Crippen LogP contribution in [0.2, 0.25) is 0 Å². The summed E-state index contributed by atoms with van der Waals surface area (Å²) in [6.45, 7) is 2.25. The summed E-state index contributed by atoms with van der Waals surface area (Å²) in [6, 6.07) is 22.1. The van der Waals surface area contributed by atoms with Crippen molar-refractivity contribution >= 4 is 34.0 Å². The van der Waals surface area contributed by atoms with Crippen LogP contribution in [-0.4, -0.2) is 35.0 Å². The monoisotopic (exact) mass is 474 g/mol. The summed E-state index contributed by atoms with van der Waals surface area (Å²) in [4.78, 5) is 14.1. The lowest BCUT2D eigenvalue weighted by Gasteiger charge is -2.27. The van der Waals surface area contributed by atoms with Crippen LogP contribution < -0.4 is 10.1 Å². The molecule has 5 rings (SSSR count). The first-order valence-corrected chi connectivity index (χ1v) is 12.8. The van der Waals surface area contributed by atoms with Crippen molar-refractivity contribution in [2.75, 3.05) is 25.5 Å². The summed E-state index contributed by atoms with van der Waals surface area (Å²) < 4.78 is 6.23. The fourth-order valence-electron chi connectivity index (χ4n) is 3.83. The third-order valence-electron chi connectivity index (χ3n) is 5.66. The van der Waals surface area contributed by atoms with Crippen LogP contribution in [0.1, 0.15) is 24.5 Å². The molecule has 0 bridgehead atoms. The number of nitrogens with zero attached hydrogens (tertiary/aromatic N) is 3. The quantitative estimate of drug-likeness (QED) is 0.310. The van der Waals surface area contributed by atoms with Crippen LogP contribution in [0.25, 0.3) is 0 Å². The van der Waals surface area contributed by atoms with Gasteiger partial charge in [0.05, 0.1) is 5.69 Å². The molecule has 33 heavy (non-hydrogen) atoms. The maximum Gasteiger partial charge on any atom is 0.188 e. The summed E-state index contributed by atoms with van der Waals surface area (Å²) in [6.07, 6.45) is 4.20. The van der Waals surface area contributed by atoms with Gasteiger partial charge in [0.15, 0.2) is 16.7 Å². The number of hydrogen-bond donors (Lipinski definition) is 1. The molecule has 1 fully saturated rings. The average Bonchev–Trinajstić information content (AvgIpc) is 3.31. The van der Waals surface area contributed by atoms with E-state index in [4.69, 9.17) is 14.7 Å². The predicted octanol–water partition coefficient (Wildman–Crippen LogP) is 7.03. The van der Waals surface area contributed by atoms with Gasteiger partial charge in [-0.3, -0.25) is 0 Å². The molecule has 7 heteroatoms. The third-order valence-corrected chi connectivity index (χ3v) is 7.40. The maximum atomic E-state index is 6.23. The normalized spacial score (nSPS) is 14.8. The van der Waals surface area contributed by atoms with E-state index in [1.54, 1.807) is 23.1 Å². The minimum Gasteiger partial charge on any atom is -0.453 e. The van der Waals surface area contributed by atoms with E-state index in [1.807, 2.05) is 60.8 Å². The average molecular weight is 475 g/mol. The van der Waals surface area contributed by atoms with Crippen LogP contribution in [0.5, 0.6) is 11.5 Å². The van der Waals surface area contributed by atoms with Gasteiger partial charge in [0.25, 0.3) is 0 Å². The minimum absolute atomic E-state index is 0.533. The molecule has 0 unspecified atom stereocenters. The molecular formula is C26H26N4OS2. The molecule has 1 aliphatic heterocycles. The number of piperidine rings is 1.